The van der Waals surface area contributed by atoms with E-state index in [-0.39, 0.29) is 6.42 Å². The van der Waals surface area contributed by atoms with Gasteiger partial charge >= 0.3 is 0 Å². The molecular formula is C12H15ClO3S. The van der Waals surface area contributed by atoms with Gasteiger partial charge in [-0.15, -0.1) is 0 Å². The first-order valence-electron chi connectivity index (χ1n) is 5.45. The molecule has 1 heterocycles. The van der Waals surface area contributed by atoms with Crippen molar-refractivity contribution in [2.24, 2.45) is 0 Å². The molecule has 1 aromatic rings. The van der Waals surface area contributed by atoms with Crippen LogP contribution in [0.2, 0.25) is 5.02 Å². The molecule has 94 valence electrons. The maximum atomic E-state index is 12.2. The lowest BCUT2D eigenvalue weighted by Crippen LogP contribution is -2.30. The number of hydrogen-bond acceptors (Lipinski definition) is 3. The summed E-state index contributed by atoms with van der Waals surface area (Å²) in [5, 5.41) is 9.68. The highest BCUT2D eigenvalue weighted by molar-refractivity contribution is 7.92. The van der Waals surface area contributed by atoms with Crippen molar-refractivity contribution in [2.45, 2.75) is 42.4 Å². The molecule has 0 aromatic heterocycles. The quantitative estimate of drug-likeness (QED) is 0.899. The van der Waals surface area contributed by atoms with Gasteiger partial charge in [-0.2, -0.15) is 0 Å². The molecule has 1 aromatic carbocycles. The molecule has 1 aliphatic rings. The second-order valence-electron chi connectivity index (χ2n) is 5.10. The van der Waals surface area contributed by atoms with Gasteiger partial charge in [-0.05, 0) is 44.4 Å². The Kier molecular flexibility index (Phi) is 3.00. The molecule has 2 rings (SSSR count). The summed E-state index contributed by atoms with van der Waals surface area (Å²) >= 11 is 6.01. The summed E-state index contributed by atoms with van der Waals surface area (Å²) in [7, 11) is -3.35. The molecule has 5 heteroatoms. The Bertz CT molecular complexity index is 543. The van der Waals surface area contributed by atoms with Crippen LogP contribution in [0.15, 0.2) is 23.1 Å². The largest absolute Gasteiger partial charge is 0.390 e. The predicted molar refractivity (Wildman–Crippen MR) is 67.0 cm³/mol. The SMILES string of the molecule is CC(C)(O)CC1Cc2c(Cl)cccc2S1(=O)=O. The average molecular weight is 275 g/mol. The van der Waals surface area contributed by atoms with Crippen molar-refractivity contribution in [1.82, 2.24) is 0 Å². The molecular weight excluding hydrogens is 260 g/mol. The third-order valence-electron chi connectivity index (χ3n) is 2.98. The first-order chi connectivity index (χ1) is 7.72. The maximum Gasteiger partial charge on any atom is 0.181 e. The number of aliphatic hydroxyl groups is 1. The fourth-order valence-corrected chi connectivity index (χ4v) is 4.74. The van der Waals surface area contributed by atoms with Crippen molar-refractivity contribution in [3.63, 3.8) is 0 Å². The van der Waals surface area contributed by atoms with Crippen molar-refractivity contribution < 1.29 is 13.5 Å². The Balaban J connectivity index is 2.44. The molecule has 0 spiro atoms. The van der Waals surface area contributed by atoms with Gasteiger partial charge in [0.25, 0.3) is 0 Å². The van der Waals surface area contributed by atoms with Crippen LogP contribution in [0.5, 0.6) is 0 Å². The van der Waals surface area contributed by atoms with Crippen molar-refractivity contribution in [1.29, 1.82) is 0 Å². The molecule has 17 heavy (non-hydrogen) atoms. The summed E-state index contributed by atoms with van der Waals surface area (Å²) in [4.78, 5) is 0.319. The van der Waals surface area contributed by atoms with Crippen LogP contribution in [-0.4, -0.2) is 24.4 Å². The summed E-state index contributed by atoms with van der Waals surface area (Å²) in [5.74, 6) is 0. The Morgan fingerprint density at radius 2 is 2.12 bits per heavy atom. The van der Waals surface area contributed by atoms with E-state index in [1.165, 1.54) is 0 Å². The lowest BCUT2D eigenvalue weighted by molar-refractivity contribution is 0.0701. The molecule has 0 saturated heterocycles. The van der Waals surface area contributed by atoms with Crippen molar-refractivity contribution in [3.05, 3.63) is 28.8 Å². The van der Waals surface area contributed by atoms with Gasteiger partial charge in [-0.3, -0.25) is 0 Å². The van der Waals surface area contributed by atoms with E-state index in [1.807, 2.05) is 0 Å². The smallest absolute Gasteiger partial charge is 0.181 e. The van der Waals surface area contributed by atoms with E-state index in [9.17, 15) is 13.5 Å². The van der Waals surface area contributed by atoms with Crippen LogP contribution < -0.4 is 0 Å². The Morgan fingerprint density at radius 3 is 2.65 bits per heavy atom. The zero-order valence-corrected chi connectivity index (χ0v) is 11.3. The minimum absolute atomic E-state index is 0.223. The molecule has 0 amide bonds. The van der Waals surface area contributed by atoms with Crippen LogP contribution in [0.3, 0.4) is 0 Å². The fraction of sp³-hybridized carbons (Fsp3) is 0.500. The summed E-state index contributed by atoms with van der Waals surface area (Å²) in [6, 6.07) is 4.93. The van der Waals surface area contributed by atoms with Crippen LogP contribution in [0.4, 0.5) is 0 Å². The second-order valence-corrected chi connectivity index (χ2v) is 7.71. The number of benzene rings is 1. The van der Waals surface area contributed by atoms with Crippen LogP contribution in [0.1, 0.15) is 25.8 Å². The third-order valence-corrected chi connectivity index (χ3v) is 5.54. The summed E-state index contributed by atoms with van der Waals surface area (Å²) < 4.78 is 24.5. The standard InChI is InChI=1S/C12H15ClO3S/c1-12(2,14)7-8-6-9-10(13)4-3-5-11(9)17(8,15)16/h3-5,8,14H,6-7H2,1-2H3. The first kappa shape index (κ1) is 12.9. The Labute approximate surface area is 106 Å². The van der Waals surface area contributed by atoms with E-state index < -0.39 is 20.7 Å². The molecule has 1 unspecified atom stereocenters. The average Bonchev–Trinajstić information content (AvgIpc) is 2.39. The van der Waals surface area contributed by atoms with E-state index in [0.717, 1.165) is 0 Å². The van der Waals surface area contributed by atoms with Gasteiger partial charge < -0.3 is 5.11 Å². The van der Waals surface area contributed by atoms with Gasteiger partial charge in [-0.1, -0.05) is 17.7 Å². The monoisotopic (exact) mass is 274 g/mol. The number of halogens is 1. The van der Waals surface area contributed by atoms with Gasteiger partial charge in [0.1, 0.15) is 0 Å². The first-order valence-corrected chi connectivity index (χ1v) is 7.38. The molecule has 1 atom stereocenters. The maximum absolute atomic E-state index is 12.2. The molecule has 1 aliphatic heterocycles. The van der Waals surface area contributed by atoms with Crippen LogP contribution in [0, 0.1) is 0 Å². The number of fused-ring (bicyclic) bond motifs is 1. The van der Waals surface area contributed by atoms with Gasteiger partial charge in [-0.25, -0.2) is 8.42 Å². The lowest BCUT2D eigenvalue weighted by Gasteiger charge is -2.20. The van der Waals surface area contributed by atoms with Crippen molar-refractivity contribution in [2.75, 3.05) is 0 Å². The molecule has 3 nitrogen and oxygen atoms in total. The minimum Gasteiger partial charge on any atom is -0.390 e. The van der Waals surface area contributed by atoms with Gasteiger partial charge in [0, 0.05) is 5.02 Å². The highest BCUT2D eigenvalue weighted by Gasteiger charge is 2.40. The molecule has 1 N–H and O–H groups in total. The molecule has 0 fully saturated rings. The van der Waals surface area contributed by atoms with E-state index in [0.29, 0.717) is 21.9 Å². The summed E-state index contributed by atoms with van der Waals surface area (Å²) in [5.41, 5.74) is -0.310. The molecule has 0 saturated carbocycles. The van der Waals surface area contributed by atoms with Gasteiger partial charge in [0.05, 0.1) is 15.7 Å². The zero-order valence-electron chi connectivity index (χ0n) is 9.77. The lowest BCUT2D eigenvalue weighted by atomic mass is 9.99. The number of rotatable bonds is 2. The number of hydrogen-bond donors (Lipinski definition) is 1. The van der Waals surface area contributed by atoms with Gasteiger partial charge in [0.15, 0.2) is 9.84 Å². The topological polar surface area (TPSA) is 54.4 Å². The fourth-order valence-electron chi connectivity index (χ4n) is 2.26. The third kappa shape index (κ3) is 2.34. The van der Waals surface area contributed by atoms with Crippen molar-refractivity contribution in [3.8, 4) is 0 Å². The van der Waals surface area contributed by atoms with Crippen LogP contribution in [0.25, 0.3) is 0 Å². The molecule has 0 radical (unpaired) electrons. The Hall–Kier alpha value is -0.580. The minimum atomic E-state index is -3.35. The van der Waals surface area contributed by atoms with Crippen molar-refractivity contribution >= 4 is 21.4 Å². The molecule has 0 aliphatic carbocycles. The van der Waals surface area contributed by atoms with E-state index >= 15 is 0 Å². The predicted octanol–water partition coefficient (Wildman–Crippen LogP) is 2.20. The summed E-state index contributed by atoms with van der Waals surface area (Å²) in [6.45, 7) is 3.24. The zero-order chi connectivity index (χ0) is 12.8. The van der Waals surface area contributed by atoms with Gasteiger partial charge in [0.2, 0.25) is 0 Å². The van der Waals surface area contributed by atoms with E-state index in [2.05, 4.69) is 0 Å². The molecule has 0 bridgehead atoms. The second kappa shape index (κ2) is 3.97. The Morgan fingerprint density at radius 1 is 1.47 bits per heavy atom. The number of sulfone groups is 1. The van der Waals surface area contributed by atoms with E-state index in [4.69, 9.17) is 11.6 Å². The van der Waals surface area contributed by atoms with Crippen LogP contribution >= 0.6 is 11.6 Å². The van der Waals surface area contributed by atoms with E-state index in [1.54, 1.807) is 32.0 Å². The van der Waals surface area contributed by atoms with Crippen LogP contribution in [-0.2, 0) is 16.3 Å². The normalized spacial score (nSPS) is 22.5. The highest BCUT2D eigenvalue weighted by Crippen LogP contribution is 2.38. The highest BCUT2D eigenvalue weighted by atomic mass is 35.5. The summed E-state index contributed by atoms with van der Waals surface area (Å²) in [6.07, 6.45) is 0.613.